The minimum absolute atomic E-state index is 0.0406. The van der Waals surface area contributed by atoms with Gasteiger partial charge in [0.2, 0.25) is 0 Å². The van der Waals surface area contributed by atoms with E-state index in [-0.39, 0.29) is 6.61 Å². The van der Waals surface area contributed by atoms with Crippen molar-refractivity contribution in [2.24, 2.45) is 0 Å². The lowest BCUT2D eigenvalue weighted by Gasteiger charge is -2.15. The van der Waals surface area contributed by atoms with Gasteiger partial charge in [-0.15, -0.1) is 0 Å². The molecule has 1 heterocycles. The molecular weight excluding hydrogens is 396 g/mol. The summed E-state index contributed by atoms with van der Waals surface area (Å²) < 4.78 is 7.95. The summed E-state index contributed by atoms with van der Waals surface area (Å²) in [6.45, 7) is 7.08. The summed E-state index contributed by atoms with van der Waals surface area (Å²) in [5, 5.41) is 9.84. The third-order valence-electron chi connectivity index (χ3n) is 6.15. The number of hydrogen-bond acceptors (Lipinski definition) is 3. The largest absolute Gasteiger partial charge is 0.494 e. The number of rotatable bonds is 8. The number of nitrogens with zero attached hydrogens (tertiary/aromatic N) is 2. The Morgan fingerprint density at radius 2 is 1.75 bits per heavy atom. The highest BCUT2D eigenvalue weighted by Gasteiger charge is 2.21. The maximum atomic E-state index is 9.84. The van der Waals surface area contributed by atoms with Gasteiger partial charge in [0.15, 0.2) is 0 Å². The van der Waals surface area contributed by atoms with Gasteiger partial charge < -0.3 is 14.4 Å². The third-order valence-corrected chi connectivity index (χ3v) is 6.15. The van der Waals surface area contributed by atoms with Gasteiger partial charge in [0.1, 0.15) is 17.1 Å². The maximum absolute atomic E-state index is 9.84. The molecule has 1 N–H and O–H groups in total. The van der Waals surface area contributed by atoms with Crippen LogP contribution in [0.1, 0.15) is 48.9 Å². The second-order valence-electron chi connectivity index (χ2n) is 8.52. The minimum Gasteiger partial charge on any atom is -0.494 e. The number of ether oxygens (including phenoxy) is 1. The molecule has 3 aromatic carbocycles. The molecule has 4 aromatic rings. The number of fused-ring (bicyclic) bond motifs is 1. The van der Waals surface area contributed by atoms with Crippen molar-refractivity contribution in [3.8, 4) is 17.1 Å². The topological polar surface area (TPSA) is 47.3 Å². The van der Waals surface area contributed by atoms with Crippen molar-refractivity contribution < 1.29 is 9.84 Å². The van der Waals surface area contributed by atoms with Crippen molar-refractivity contribution >= 4 is 11.0 Å². The number of aromatic nitrogens is 2. The van der Waals surface area contributed by atoms with Crippen molar-refractivity contribution in [1.29, 1.82) is 0 Å². The van der Waals surface area contributed by atoms with Crippen molar-refractivity contribution in [3.63, 3.8) is 0 Å². The Kier molecular flexibility index (Phi) is 6.61. The van der Waals surface area contributed by atoms with E-state index in [1.165, 1.54) is 22.3 Å². The lowest BCUT2D eigenvalue weighted by molar-refractivity contribution is 0.278. The predicted octanol–water partition coefficient (Wildman–Crippen LogP) is 5.98. The lowest BCUT2D eigenvalue weighted by atomic mass is 9.96. The number of methoxy groups -OCH3 is 1. The van der Waals surface area contributed by atoms with Crippen LogP contribution in [-0.2, 0) is 19.4 Å². The summed E-state index contributed by atoms with van der Waals surface area (Å²) in [6.07, 6.45) is 1.71. The first kappa shape index (κ1) is 22.1. The second kappa shape index (κ2) is 9.58. The van der Waals surface area contributed by atoms with E-state index >= 15 is 0 Å². The predicted molar refractivity (Wildman–Crippen MR) is 132 cm³/mol. The quantitative estimate of drug-likeness (QED) is 0.375. The number of imidazole rings is 1. The van der Waals surface area contributed by atoms with Crippen LogP contribution in [0.25, 0.3) is 22.4 Å². The van der Waals surface area contributed by atoms with Crippen LogP contribution in [0.2, 0.25) is 0 Å². The molecule has 0 amide bonds. The maximum Gasteiger partial charge on any atom is 0.145 e. The molecule has 1 aromatic heterocycles. The highest BCUT2D eigenvalue weighted by Crippen LogP contribution is 2.36. The van der Waals surface area contributed by atoms with Crippen molar-refractivity contribution in [2.75, 3.05) is 13.7 Å². The van der Waals surface area contributed by atoms with E-state index in [9.17, 15) is 5.11 Å². The Bertz CT molecular complexity index is 1190. The lowest BCUT2D eigenvalue weighted by Crippen LogP contribution is -2.06. The molecule has 0 aliphatic heterocycles. The van der Waals surface area contributed by atoms with Gasteiger partial charge in [0, 0.05) is 12.1 Å². The van der Waals surface area contributed by atoms with Crippen LogP contribution in [0.3, 0.4) is 0 Å². The Morgan fingerprint density at radius 1 is 1.03 bits per heavy atom. The molecule has 0 saturated heterocycles. The smallest absolute Gasteiger partial charge is 0.145 e. The summed E-state index contributed by atoms with van der Waals surface area (Å²) in [5.74, 6) is 2.15. The number of aliphatic hydroxyl groups excluding tert-OH is 1. The van der Waals surface area contributed by atoms with E-state index in [2.05, 4.69) is 79.9 Å². The summed E-state index contributed by atoms with van der Waals surface area (Å²) >= 11 is 0. The van der Waals surface area contributed by atoms with Gasteiger partial charge in [-0.3, -0.25) is 0 Å². The second-order valence-corrected chi connectivity index (χ2v) is 8.52. The highest BCUT2D eigenvalue weighted by atomic mass is 16.5. The van der Waals surface area contributed by atoms with E-state index in [4.69, 9.17) is 9.72 Å². The van der Waals surface area contributed by atoms with Gasteiger partial charge in [-0.05, 0) is 47.1 Å². The van der Waals surface area contributed by atoms with E-state index in [0.29, 0.717) is 12.5 Å². The Balaban J connectivity index is 1.93. The summed E-state index contributed by atoms with van der Waals surface area (Å²) in [6, 6.07) is 21.3. The number of aliphatic hydroxyl groups is 1. The zero-order chi connectivity index (χ0) is 22.7. The van der Waals surface area contributed by atoms with Gasteiger partial charge in [-0.1, -0.05) is 75.4 Å². The fourth-order valence-electron chi connectivity index (χ4n) is 4.46. The first-order valence-electron chi connectivity index (χ1n) is 11.4. The SMILES string of the molecule is CCc1c(Cc2ccccc2)cc(OC)c2c1nc(-c1ccc(C(C)C)cc1)n2CCO. The number of aryl methyl sites for hydroxylation is 1. The molecule has 0 saturated carbocycles. The summed E-state index contributed by atoms with van der Waals surface area (Å²) in [4.78, 5) is 5.13. The Hall–Kier alpha value is -3.11. The van der Waals surface area contributed by atoms with E-state index < -0.39 is 0 Å². The first-order chi connectivity index (χ1) is 15.6. The van der Waals surface area contributed by atoms with Crippen molar-refractivity contribution in [1.82, 2.24) is 9.55 Å². The molecule has 32 heavy (non-hydrogen) atoms. The fraction of sp³-hybridized carbons (Fsp3) is 0.321. The average Bonchev–Trinajstić information content (AvgIpc) is 3.18. The van der Waals surface area contributed by atoms with Crippen LogP contribution >= 0.6 is 0 Å². The molecule has 4 rings (SSSR count). The van der Waals surface area contributed by atoms with Gasteiger partial charge >= 0.3 is 0 Å². The first-order valence-corrected chi connectivity index (χ1v) is 11.4. The van der Waals surface area contributed by atoms with E-state index in [1.807, 2.05) is 6.07 Å². The zero-order valence-electron chi connectivity index (χ0n) is 19.4. The summed E-state index contributed by atoms with van der Waals surface area (Å²) in [7, 11) is 1.71. The van der Waals surface area contributed by atoms with Crippen LogP contribution in [0.15, 0.2) is 60.7 Å². The molecule has 0 bridgehead atoms. The van der Waals surface area contributed by atoms with Crippen LogP contribution < -0.4 is 4.74 Å². The molecule has 0 radical (unpaired) electrons. The van der Waals surface area contributed by atoms with Gasteiger partial charge in [-0.25, -0.2) is 4.98 Å². The van der Waals surface area contributed by atoms with Crippen molar-refractivity contribution in [2.45, 2.75) is 46.1 Å². The van der Waals surface area contributed by atoms with Crippen LogP contribution in [-0.4, -0.2) is 28.4 Å². The van der Waals surface area contributed by atoms with E-state index in [0.717, 1.165) is 41.0 Å². The Labute approximate surface area is 190 Å². The standard InChI is InChI=1S/C28H32N2O2/c1-5-24-23(17-20-9-7-6-8-10-20)18-25(32-4)27-26(24)29-28(30(27)15-16-31)22-13-11-21(12-14-22)19(2)3/h6-14,18-19,31H,5,15-17H2,1-4H3. The molecule has 0 spiro atoms. The molecule has 4 heteroatoms. The van der Waals surface area contributed by atoms with Crippen LogP contribution in [0.4, 0.5) is 0 Å². The molecule has 166 valence electrons. The van der Waals surface area contributed by atoms with Gasteiger partial charge in [0.05, 0.1) is 19.2 Å². The fourth-order valence-corrected chi connectivity index (χ4v) is 4.46. The zero-order valence-corrected chi connectivity index (χ0v) is 19.4. The third kappa shape index (κ3) is 4.15. The number of hydrogen-bond donors (Lipinski definition) is 1. The average molecular weight is 429 g/mol. The Morgan fingerprint density at radius 3 is 2.34 bits per heavy atom. The number of benzene rings is 3. The highest BCUT2D eigenvalue weighted by molar-refractivity contribution is 5.90. The normalized spacial score (nSPS) is 11.4. The van der Waals surface area contributed by atoms with Gasteiger partial charge in [0.25, 0.3) is 0 Å². The molecule has 0 unspecified atom stereocenters. The van der Waals surface area contributed by atoms with Crippen LogP contribution in [0.5, 0.6) is 5.75 Å². The van der Waals surface area contributed by atoms with Crippen LogP contribution in [0, 0.1) is 0 Å². The van der Waals surface area contributed by atoms with E-state index in [1.54, 1.807) is 7.11 Å². The molecular formula is C28H32N2O2. The summed E-state index contributed by atoms with van der Waals surface area (Å²) in [5.41, 5.74) is 8.01. The molecule has 0 aliphatic rings. The van der Waals surface area contributed by atoms with Crippen molar-refractivity contribution in [3.05, 3.63) is 82.9 Å². The van der Waals surface area contributed by atoms with Gasteiger partial charge in [-0.2, -0.15) is 0 Å². The molecule has 0 atom stereocenters. The minimum atomic E-state index is 0.0406. The molecule has 4 nitrogen and oxygen atoms in total. The molecule has 0 fully saturated rings. The monoisotopic (exact) mass is 428 g/mol. The molecule has 0 aliphatic carbocycles.